The standard InChI is InChI=1S/C14H12N2O5S/c1-2-10-7-11(14(18)19)13(22-10)15-12(17)8-3-5-9(6-4-8)16(20)21/h3-7H,2H2,1H3,(H,15,17)(H,18,19). The molecule has 0 aliphatic heterocycles. The monoisotopic (exact) mass is 320 g/mol. The van der Waals surface area contributed by atoms with Crippen LogP contribution in [-0.2, 0) is 6.42 Å². The number of thiophene rings is 1. The summed E-state index contributed by atoms with van der Waals surface area (Å²) in [7, 11) is 0. The number of nitro benzene ring substituents is 1. The number of carbonyl (C=O) groups is 2. The SMILES string of the molecule is CCc1cc(C(=O)O)c(NC(=O)c2ccc([N+](=O)[O-])cc2)s1. The lowest BCUT2D eigenvalue weighted by molar-refractivity contribution is -0.384. The lowest BCUT2D eigenvalue weighted by Gasteiger charge is -2.04. The number of anilines is 1. The zero-order valence-electron chi connectivity index (χ0n) is 11.5. The van der Waals surface area contributed by atoms with Gasteiger partial charge in [-0.2, -0.15) is 0 Å². The maximum absolute atomic E-state index is 12.1. The maximum Gasteiger partial charge on any atom is 0.338 e. The van der Waals surface area contributed by atoms with Crippen LogP contribution in [0.25, 0.3) is 0 Å². The van der Waals surface area contributed by atoms with Crippen LogP contribution < -0.4 is 5.32 Å². The summed E-state index contributed by atoms with van der Waals surface area (Å²) in [4.78, 5) is 34.1. The highest BCUT2D eigenvalue weighted by Gasteiger charge is 2.18. The molecule has 2 aromatic rings. The van der Waals surface area contributed by atoms with Gasteiger partial charge in [0.15, 0.2) is 0 Å². The van der Waals surface area contributed by atoms with Crippen molar-refractivity contribution < 1.29 is 19.6 Å². The van der Waals surface area contributed by atoms with Gasteiger partial charge < -0.3 is 10.4 Å². The first-order valence-corrected chi connectivity index (χ1v) is 7.15. The van der Waals surface area contributed by atoms with Gasteiger partial charge in [-0.3, -0.25) is 14.9 Å². The molecule has 0 spiro atoms. The first-order valence-electron chi connectivity index (χ1n) is 6.34. The van der Waals surface area contributed by atoms with Crippen molar-refractivity contribution in [3.63, 3.8) is 0 Å². The lowest BCUT2D eigenvalue weighted by atomic mass is 10.2. The van der Waals surface area contributed by atoms with Crippen molar-refractivity contribution >= 4 is 33.9 Å². The van der Waals surface area contributed by atoms with Crippen LogP contribution in [0.5, 0.6) is 0 Å². The third-order valence-corrected chi connectivity index (χ3v) is 4.12. The Kier molecular flexibility index (Phi) is 4.52. The number of hydrogen-bond donors (Lipinski definition) is 2. The number of carboxylic acids is 1. The van der Waals surface area contributed by atoms with Gasteiger partial charge in [0.05, 0.1) is 10.5 Å². The number of benzene rings is 1. The van der Waals surface area contributed by atoms with E-state index in [2.05, 4.69) is 5.32 Å². The number of aryl methyl sites for hydroxylation is 1. The first-order chi connectivity index (χ1) is 10.4. The molecule has 2 rings (SSSR count). The van der Waals surface area contributed by atoms with Gasteiger partial charge >= 0.3 is 5.97 Å². The van der Waals surface area contributed by atoms with Crippen LogP contribution in [-0.4, -0.2) is 21.9 Å². The molecule has 0 saturated carbocycles. The minimum Gasteiger partial charge on any atom is -0.478 e. The van der Waals surface area contributed by atoms with Crippen molar-refractivity contribution in [2.45, 2.75) is 13.3 Å². The number of nitrogens with one attached hydrogen (secondary N) is 1. The highest BCUT2D eigenvalue weighted by Crippen LogP contribution is 2.29. The summed E-state index contributed by atoms with van der Waals surface area (Å²) < 4.78 is 0. The van der Waals surface area contributed by atoms with E-state index in [1.165, 1.54) is 41.7 Å². The molecular formula is C14H12N2O5S. The average Bonchev–Trinajstić information content (AvgIpc) is 2.90. The molecule has 0 bridgehead atoms. The zero-order chi connectivity index (χ0) is 16.3. The van der Waals surface area contributed by atoms with Gasteiger partial charge in [-0.15, -0.1) is 11.3 Å². The Morgan fingerprint density at radius 2 is 1.95 bits per heavy atom. The zero-order valence-corrected chi connectivity index (χ0v) is 12.3. The number of nitro groups is 1. The Morgan fingerprint density at radius 1 is 1.32 bits per heavy atom. The summed E-state index contributed by atoms with van der Waals surface area (Å²) in [6, 6.07) is 6.61. The van der Waals surface area contributed by atoms with Crippen LogP contribution in [0, 0.1) is 10.1 Å². The third kappa shape index (κ3) is 3.29. The van der Waals surface area contributed by atoms with Crippen LogP contribution in [0.3, 0.4) is 0 Å². The molecule has 1 aromatic heterocycles. The smallest absolute Gasteiger partial charge is 0.338 e. The number of hydrogen-bond acceptors (Lipinski definition) is 5. The topological polar surface area (TPSA) is 110 Å². The molecule has 0 saturated heterocycles. The van der Waals surface area contributed by atoms with Crippen LogP contribution in [0.15, 0.2) is 30.3 Å². The number of aromatic carboxylic acids is 1. The molecular weight excluding hydrogens is 308 g/mol. The molecule has 0 atom stereocenters. The number of carboxylic acid groups (broad SMARTS) is 1. The molecule has 8 heteroatoms. The van der Waals surface area contributed by atoms with Gasteiger partial charge in [0.2, 0.25) is 0 Å². The molecule has 114 valence electrons. The number of nitrogens with zero attached hydrogens (tertiary/aromatic N) is 1. The number of carbonyl (C=O) groups excluding carboxylic acids is 1. The minimum absolute atomic E-state index is 0.0390. The second kappa shape index (κ2) is 6.35. The van der Waals surface area contributed by atoms with Crippen molar-refractivity contribution in [1.29, 1.82) is 0 Å². The Hall–Kier alpha value is -2.74. The molecule has 0 aliphatic carbocycles. The molecule has 1 aromatic carbocycles. The van der Waals surface area contributed by atoms with Crippen molar-refractivity contribution in [2.75, 3.05) is 5.32 Å². The first kappa shape index (κ1) is 15.6. The number of rotatable bonds is 5. The second-order valence-electron chi connectivity index (χ2n) is 4.37. The van der Waals surface area contributed by atoms with E-state index in [9.17, 15) is 19.7 Å². The van der Waals surface area contributed by atoms with Gasteiger partial charge in [0.25, 0.3) is 11.6 Å². The Morgan fingerprint density at radius 3 is 2.45 bits per heavy atom. The molecule has 2 N–H and O–H groups in total. The van der Waals surface area contributed by atoms with Gasteiger partial charge in [-0.1, -0.05) is 6.92 Å². The molecule has 7 nitrogen and oxygen atoms in total. The fourth-order valence-corrected chi connectivity index (χ4v) is 2.76. The Labute approximate surface area is 129 Å². The van der Waals surface area contributed by atoms with Crippen LogP contribution >= 0.6 is 11.3 Å². The molecule has 1 amide bonds. The quantitative estimate of drug-likeness (QED) is 0.649. The molecule has 1 heterocycles. The van der Waals surface area contributed by atoms with Gasteiger partial charge in [-0.05, 0) is 24.6 Å². The normalized spacial score (nSPS) is 10.2. The highest BCUT2D eigenvalue weighted by atomic mass is 32.1. The van der Waals surface area contributed by atoms with Crippen molar-refractivity contribution in [1.82, 2.24) is 0 Å². The third-order valence-electron chi connectivity index (χ3n) is 2.93. The average molecular weight is 320 g/mol. The van der Waals surface area contributed by atoms with E-state index in [-0.39, 0.29) is 21.8 Å². The van der Waals surface area contributed by atoms with Crippen LogP contribution in [0.2, 0.25) is 0 Å². The molecule has 0 radical (unpaired) electrons. The molecule has 22 heavy (non-hydrogen) atoms. The van der Waals surface area contributed by atoms with Gasteiger partial charge in [0.1, 0.15) is 5.00 Å². The second-order valence-corrected chi connectivity index (χ2v) is 5.51. The van der Waals surface area contributed by atoms with Crippen LogP contribution in [0.1, 0.15) is 32.5 Å². The van der Waals surface area contributed by atoms with E-state index in [0.717, 1.165) is 4.88 Å². The minimum atomic E-state index is -1.12. The predicted molar refractivity (Wildman–Crippen MR) is 81.7 cm³/mol. The summed E-state index contributed by atoms with van der Waals surface area (Å²) in [5.74, 6) is -1.63. The van der Waals surface area contributed by atoms with E-state index in [0.29, 0.717) is 6.42 Å². The molecule has 0 unspecified atom stereocenters. The summed E-state index contributed by atoms with van der Waals surface area (Å²) >= 11 is 1.20. The van der Waals surface area contributed by atoms with E-state index in [4.69, 9.17) is 5.11 Å². The van der Waals surface area contributed by atoms with E-state index < -0.39 is 16.8 Å². The number of amides is 1. The Balaban J connectivity index is 2.23. The summed E-state index contributed by atoms with van der Waals surface area (Å²) in [5, 5.41) is 22.5. The lowest BCUT2D eigenvalue weighted by Crippen LogP contribution is -2.13. The summed E-state index contributed by atoms with van der Waals surface area (Å²) in [6.45, 7) is 1.89. The van der Waals surface area contributed by atoms with Crippen molar-refractivity contribution in [2.24, 2.45) is 0 Å². The maximum atomic E-state index is 12.1. The van der Waals surface area contributed by atoms with E-state index in [1.807, 2.05) is 6.92 Å². The number of non-ortho nitro benzene ring substituents is 1. The van der Waals surface area contributed by atoms with Crippen molar-refractivity contribution in [3.05, 3.63) is 56.5 Å². The van der Waals surface area contributed by atoms with E-state index >= 15 is 0 Å². The fraction of sp³-hybridized carbons (Fsp3) is 0.143. The van der Waals surface area contributed by atoms with Crippen LogP contribution in [0.4, 0.5) is 10.7 Å². The Bertz CT molecular complexity index is 736. The summed E-state index contributed by atoms with van der Waals surface area (Å²) in [6.07, 6.45) is 0.665. The van der Waals surface area contributed by atoms with E-state index in [1.54, 1.807) is 0 Å². The summed E-state index contributed by atoms with van der Waals surface area (Å²) in [5.41, 5.74) is 0.137. The fourth-order valence-electron chi connectivity index (χ4n) is 1.78. The molecule has 0 aliphatic rings. The highest BCUT2D eigenvalue weighted by molar-refractivity contribution is 7.16. The predicted octanol–water partition coefficient (Wildman–Crippen LogP) is 3.17. The van der Waals surface area contributed by atoms with Gasteiger partial charge in [0, 0.05) is 22.6 Å². The van der Waals surface area contributed by atoms with Crippen molar-refractivity contribution in [3.8, 4) is 0 Å². The largest absolute Gasteiger partial charge is 0.478 e. The van der Waals surface area contributed by atoms with Gasteiger partial charge in [-0.25, -0.2) is 4.79 Å². The molecule has 0 fully saturated rings.